The molecular weight excluding hydrogens is 334 g/mol. The second kappa shape index (κ2) is 6.71. The van der Waals surface area contributed by atoms with Crippen molar-refractivity contribution in [3.8, 4) is 0 Å². The average molecular weight is 353 g/mol. The SMILES string of the molecule is COC(=O)[C@@]1([C@@H](C[N+](=O)[O-])c2ccc(C)cc2)Cc2ccccc2C1=O. The summed E-state index contributed by atoms with van der Waals surface area (Å²) in [7, 11) is 1.21. The highest BCUT2D eigenvalue weighted by Gasteiger charge is 2.59. The van der Waals surface area contributed by atoms with Gasteiger partial charge in [0, 0.05) is 10.5 Å². The molecule has 0 unspecified atom stereocenters. The van der Waals surface area contributed by atoms with Crippen molar-refractivity contribution in [1.82, 2.24) is 0 Å². The smallest absolute Gasteiger partial charge is 0.320 e. The van der Waals surface area contributed by atoms with Crippen molar-refractivity contribution in [2.45, 2.75) is 19.3 Å². The summed E-state index contributed by atoms with van der Waals surface area (Å²) in [6.45, 7) is 1.37. The molecule has 0 bridgehead atoms. The molecule has 0 fully saturated rings. The lowest BCUT2D eigenvalue weighted by Gasteiger charge is -2.31. The lowest BCUT2D eigenvalue weighted by Crippen LogP contribution is -2.46. The molecule has 2 atom stereocenters. The number of nitro groups is 1. The van der Waals surface area contributed by atoms with Crippen LogP contribution in [0.5, 0.6) is 0 Å². The molecule has 0 N–H and O–H groups in total. The Labute approximate surface area is 150 Å². The Hall–Kier alpha value is -3.02. The molecule has 0 aliphatic heterocycles. The lowest BCUT2D eigenvalue weighted by molar-refractivity contribution is -0.485. The first-order valence-electron chi connectivity index (χ1n) is 8.29. The van der Waals surface area contributed by atoms with Gasteiger partial charge in [-0.05, 0) is 24.5 Å². The highest BCUT2D eigenvalue weighted by Crippen LogP contribution is 2.48. The molecule has 1 aliphatic rings. The van der Waals surface area contributed by atoms with Gasteiger partial charge in [0.05, 0.1) is 13.0 Å². The number of ether oxygens (including phenoxy) is 1. The van der Waals surface area contributed by atoms with Crippen LogP contribution in [-0.4, -0.2) is 30.3 Å². The van der Waals surface area contributed by atoms with E-state index in [0.29, 0.717) is 16.7 Å². The van der Waals surface area contributed by atoms with Crippen molar-refractivity contribution in [1.29, 1.82) is 0 Å². The van der Waals surface area contributed by atoms with Crippen LogP contribution in [0.4, 0.5) is 0 Å². The number of hydrogen-bond acceptors (Lipinski definition) is 5. The molecule has 0 radical (unpaired) electrons. The largest absolute Gasteiger partial charge is 0.468 e. The van der Waals surface area contributed by atoms with Crippen LogP contribution in [0.25, 0.3) is 0 Å². The molecule has 2 aromatic carbocycles. The molecule has 26 heavy (non-hydrogen) atoms. The molecule has 0 saturated carbocycles. The molecule has 0 heterocycles. The molecule has 1 aliphatic carbocycles. The Morgan fingerprint density at radius 2 is 1.88 bits per heavy atom. The second-order valence-electron chi connectivity index (χ2n) is 6.60. The van der Waals surface area contributed by atoms with Gasteiger partial charge in [0.25, 0.3) is 0 Å². The van der Waals surface area contributed by atoms with E-state index in [1.165, 1.54) is 7.11 Å². The molecule has 0 amide bonds. The standard InChI is InChI=1S/C20H19NO5/c1-13-7-9-14(10-8-13)17(12-21(24)25)20(19(23)26-2)11-15-5-3-4-6-16(15)18(20)22/h3-10,17H,11-12H2,1-2H3/t17-,20+/m0/s1. The second-order valence-corrected chi connectivity index (χ2v) is 6.60. The van der Waals surface area contributed by atoms with Crippen molar-refractivity contribution < 1.29 is 19.2 Å². The van der Waals surface area contributed by atoms with Gasteiger partial charge in [0.1, 0.15) is 5.41 Å². The number of fused-ring (bicyclic) bond motifs is 1. The fourth-order valence-electron chi connectivity index (χ4n) is 3.78. The first kappa shape index (κ1) is 17.8. The van der Waals surface area contributed by atoms with E-state index in [4.69, 9.17) is 4.74 Å². The maximum Gasteiger partial charge on any atom is 0.320 e. The molecular formula is C20H19NO5. The van der Waals surface area contributed by atoms with Crippen molar-refractivity contribution >= 4 is 11.8 Å². The van der Waals surface area contributed by atoms with Gasteiger partial charge in [0.2, 0.25) is 6.54 Å². The number of rotatable bonds is 5. The third-order valence-electron chi connectivity index (χ3n) is 5.09. The Morgan fingerprint density at radius 1 is 1.23 bits per heavy atom. The van der Waals surface area contributed by atoms with E-state index in [2.05, 4.69) is 0 Å². The Balaban J connectivity index is 2.19. The third-order valence-corrected chi connectivity index (χ3v) is 5.09. The first-order valence-corrected chi connectivity index (χ1v) is 8.29. The molecule has 3 rings (SSSR count). The van der Waals surface area contributed by atoms with E-state index in [0.717, 1.165) is 5.56 Å². The van der Waals surface area contributed by atoms with E-state index < -0.39 is 34.6 Å². The van der Waals surface area contributed by atoms with Crippen molar-refractivity contribution in [3.05, 3.63) is 80.9 Å². The first-order chi connectivity index (χ1) is 12.4. The summed E-state index contributed by atoms with van der Waals surface area (Å²) in [5.74, 6) is -2.05. The average Bonchev–Trinajstić information content (AvgIpc) is 2.93. The minimum absolute atomic E-state index is 0.0983. The van der Waals surface area contributed by atoms with Crippen LogP contribution < -0.4 is 0 Å². The molecule has 0 spiro atoms. The van der Waals surface area contributed by atoms with Gasteiger partial charge >= 0.3 is 5.97 Å². The number of benzene rings is 2. The topological polar surface area (TPSA) is 86.5 Å². The van der Waals surface area contributed by atoms with Crippen LogP contribution in [0.3, 0.4) is 0 Å². The van der Waals surface area contributed by atoms with Gasteiger partial charge in [0.15, 0.2) is 5.78 Å². The fourth-order valence-corrected chi connectivity index (χ4v) is 3.78. The number of nitrogens with zero attached hydrogens (tertiary/aromatic N) is 1. The van der Waals surface area contributed by atoms with E-state index in [9.17, 15) is 19.7 Å². The van der Waals surface area contributed by atoms with Crippen LogP contribution in [0, 0.1) is 22.5 Å². The number of aryl methyl sites for hydroxylation is 1. The maximum absolute atomic E-state index is 13.3. The Kier molecular flexibility index (Phi) is 4.59. The van der Waals surface area contributed by atoms with Gasteiger partial charge in [-0.15, -0.1) is 0 Å². The van der Waals surface area contributed by atoms with E-state index in [1.807, 2.05) is 19.1 Å². The van der Waals surface area contributed by atoms with Gasteiger partial charge in [-0.2, -0.15) is 0 Å². The predicted octanol–water partition coefficient (Wildman–Crippen LogP) is 2.95. The maximum atomic E-state index is 13.3. The normalized spacial score (nSPS) is 19.7. The number of carbonyl (C=O) groups is 2. The number of hydrogen-bond donors (Lipinski definition) is 0. The van der Waals surface area contributed by atoms with Crippen molar-refractivity contribution in [3.63, 3.8) is 0 Å². The van der Waals surface area contributed by atoms with Crippen molar-refractivity contribution in [2.24, 2.45) is 5.41 Å². The van der Waals surface area contributed by atoms with Gasteiger partial charge in [-0.3, -0.25) is 19.7 Å². The van der Waals surface area contributed by atoms with E-state index in [-0.39, 0.29) is 6.42 Å². The van der Waals surface area contributed by atoms with Crippen LogP contribution in [-0.2, 0) is 16.0 Å². The van der Waals surface area contributed by atoms with Crippen LogP contribution in [0.1, 0.15) is 33.0 Å². The summed E-state index contributed by atoms with van der Waals surface area (Å²) in [5.41, 5.74) is 1.09. The summed E-state index contributed by atoms with van der Waals surface area (Å²) in [6, 6.07) is 14.1. The predicted molar refractivity (Wildman–Crippen MR) is 94.7 cm³/mol. The molecule has 134 valence electrons. The summed E-state index contributed by atoms with van der Waals surface area (Å²) < 4.78 is 4.96. The van der Waals surface area contributed by atoms with E-state index in [1.54, 1.807) is 36.4 Å². The van der Waals surface area contributed by atoms with E-state index >= 15 is 0 Å². The lowest BCUT2D eigenvalue weighted by atomic mass is 9.69. The third kappa shape index (κ3) is 2.77. The zero-order valence-corrected chi connectivity index (χ0v) is 14.6. The number of ketones is 1. The van der Waals surface area contributed by atoms with Gasteiger partial charge < -0.3 is 4.74 Å². The highest BCUT2D eigenvalue weighted by atomic mass is 16.6. The van der Waals surface area contributed by atoms with Crippen molar-refractivity contribution in [2.75, 3.05) is 13.7 Å². The highest BCUT2D eigenvalue weighted by molar-refractivity contribution is 6.16. The minimum atomic E-state index is -1.62. The molecule has 6 heteroatoms. The monoisotopic (exact) mass is 353 g/mol. The zero-order valence-electron chi connectivity index (χ0n) is 14.6. The number of carbonyl (C=O) groups excluding carboxylic acids is 2. The van der Waals surface area contributed by atoms with Crippen LogP contribution in [0.15, 0.2) is 48.5 Å². The Bertz CT molecular complexity index is 874. The van der Waals surface area contributed by atoms with Crippen LogP contribution >= 0.6 is 0 Å². The number of esters is 1. The summed E-state index contributed by atoms with van der Waals surface area (Å²) in [4.78, 5) is 37.0. The molecule has 0 saturated heterocycles. The molecule has 2 aromatic rings. The summed E-state index contributed by atoms with van der Waals surface area (Å²) >= 11 is 0. The summed E-state index contributed by atoms with van der Waals surface area (Å²) in [5, 5.41) is 11.4. The van der Waals surface area contributed by atoms with Gasteiger partial charge in [-0.1, -0.05) is 54.1 Å². The molecule has 0 aromatic heterocycles. The van der Waals surface area contributed by atoms with Crippen LogP contribution in [0.2, 0.25) is 0 Å². The fraction of sp³-hybridized carbons (Fsp3) is 0.300. The number of Topliss-reactive ketones (excluding diaryl/α,β-unsaturated/α-hetero) is 1. The minimum Gasteiger partial charge on any atom is -0.468 e. The zero-order chi connectivity index (χ0) is 18.9. The Morgan fingerprint density at radius 3 is 2.46 bits per heavy atom. The number of methoxy groups -OCH3 is 1. The van der Waals surface area contributed by atoms with Gasteiger partial charge in [-0.25, -0.2) is 0 Å². The quantitative estimate of drug-likeness (QED) is 0.357. The molecule has 6 nitrogen and oxygen atoms in total. The summed E-state index contributed by atoms with van der Waals surface area (Å²) in [6.07, 6.45) is 0.0983.